The third-order valence-electron chi connectivity index (χ3n) is 6.72. The van der Waals surface area contributed by atoms with Crippen LogP contribution in [0.5, 0.6) is 0 Å². The number of hydrogen-bond donors (Lipinski definition) is 4. The first kappa shape index (κ1) is 26.5. The van der Waals surface area contributed by atoms with Crippen molar-refractivity contribution in [1.82, 2.24) is 14.6 Å². The van der Waals surface area contributed by atoms with Crippen molar-refractivity contribution in [1.29, 1.82) is 0 Å². The fourth-order valence-corrected chi connectivity index (χ4v) is 5.08. The van der Waals surface area contributed by atoms with E-state index in [4.69, 9.17) is 17.3 Å². The van der Waals surface area contributed by atoms with Gasteiger partial charge in [-0.05, 0) is 78.6 Å². The third kappa shape index (κ3) is 5.68. The monoisotopic (exact) mass is 543 g/mol. The maximum atomic E-state index is 13.7. The lowest BCUT2D eigenvalue weighted by atomic mass is 9.97. The van der Waals surface area contributed by atoms with Crippen molar-refractivity contribution in [2.24, 2.45) is 0 Å². The molecular formula is C30H30ClN5O3. The Hall–Kier alpha value is -4.11. The van der Waals surface area contributed by atoms with Crippen molar-refractivity contribution >= 4 is 39.5 Å². The van der Waals surface area contributed by atoms with E-state index in [0.29, 0.717) is 50.2 Å². The molecule has 4 aromatic rings. The standard InChI is InChI=1S/C30H30ClN5O3/c1-18(34-28-9-8-23(32)15-33-28)12-22(16-35(2)39)24-4-3-5-27(25(24)17-37)36-11-10-20-13-21(19-6-7-19)14-26(31)29(20)30(36)38/h3-5,8-16,19,37,39H,6-7,17,32H2,1-2H3,(H,33,34)/b18-12+,22-16+. The highest BCUT2D eigenvalue weighted by molar-refractivity contribution is 6.35. The Bertz CT molecular complexity index is 1650. The van der Waals surface area contributed by atoms with Crippen LogP contribution in [0.3, 0.4) is 0 Å². The second-order valence-corrected chi connectivity index (χ2v) is 10.2. The molecule has 0 radical (unpaired) electrons. The summed E-state index contributed by atoms with van der Waals surface area (Å²) >= 11 is 6.61. The first-order chi connectivity index (χ1) is 18.7. The van der Waals surface area contributed by atoms with E-state index >= 15 is 0 Å². The number of aliphatic hydroxyl groups excluding tert-OH is 1. The smallest absolute Gasteiger partial charge is 0.264 e. The average molecular weight is 544 g/mol. The minimum absolute atomic E-state index is 0.265. The number of nitrogen functional groups attached to an aromatic ring is 1. The van der Waals surface area contributed by atoms with Crippen LogP contribution in [0.2, 0.25) is 5.02 Å². The zero-order valence-electron chi connectivity index (χ0n) is 21.7. The molecule has 200 valence electrons. The molecular weight excluding hydrogens is 514 g/mol. The van der Waals surface area contributed by atoms with Crippen LogP contribution in [0.1, 0.15) is 42.4 Å². The first-order valence-electron chi connectivity index (χ1n) is 12.6. The topological polar surface area (TPSA) is 117 Å². The van der Waals surface area contributed by atoms with Gasteiger partial charge < -0.3 is 16.2 Å². The van der Waals surface area contributed by atoms with E-state index in [2.05, 4.69) is 10.3 Å². The molecule has 2 heterocycles. The molecule has 1 aliphatic rings. The molecule has 0 amide bonds. The predicted molar refractivity (Wildman–Crippen MR) is 156 cm³/mol. The number of nitrogens with one attached hydrogen (secondary N) is 1. The zero-order chi connectivity index (χ0) is 27.7. The van der Waals surface area contributed by atoms with Gasteiger partial charge in [0.1, 0.15) is 5.82 Å². The Kier molecular flexibility index (Phi) is 7.43. The van der Waals surface area contributed by atoms with E-state index < -0.39 is 0 Å². The fourth-order valence-electron chi connectivity index (χ4n) is 4.77. The summed E-state index contributed by atoms with van der Waals surface area (Å²) in [5.41, 5.74) is 10.2. The number of fused-ring (bicyclic) bond motifs is 1. The molecule has 8 nitrogen and oxygen atoms in total. The van der Waals surface area contributed by atoms with Crippen molar-refractivity contribution in [3.63, 3.8) is 0 Å². The Morgan fingerprint density at radius 1 is 1.26 bits per heavy atom. The Labute approximate surface area is 231 Å². The van der Waals surface area contributed by atoms with Crippen LogP contribution in [-0.4, -0.2) is 32.0 Å². The molecule has 5 rings (SSSR count). The highest BCUT2D eigenvalue weighted by Crippen LogP contribution is 2.42. The number of nitrogens with two attached hydrogens (primary N) is 1. The quantitative estimate of drug-likeness (QED) is 0.167. The van der Waals surface area contributed by atoms with E-state index in [1.807, 2.05) is 43.3 Å². The largest absolute Gasteiger partial charge is 0.397 e. The number of aromatic nitrogens is 2. The average Bonchev–Trinajstić information content (AvgIpc) is 3.75. The summed E-state index contributed by atoms with van der Waals surface area (Å²) in [6, 6.07) is 14.7. The Morgan fingerprint density at radius 3 is 2.72 bits per heavy atom. The van der Waals surface area contributed by atoms with Crippen LogP contribution < -0.4 is 16.6 Å². The van der Waals surface area contributed by atoms with Gasteiger partial charge in [-0.1, -0.05) is 29.8 Å². The second-order valence-electron chi connectivity index (χ2n) is 9.78. The molecule has 2 aromatic heterocycles. The van der Waals surface area contributed by atoms with Gasteiger partial charge in [0.05, 0.1) is 34.6 Å². The van der Waals surface area contributed by atoms with Crippen LogP contribution in [0.25, 0.3) is 22.0 Å². The van der Waals surface area contributed by atoms with E-state index in [-0.39, 0.29) is 12.2 Å². The maximum absolute atomic E-state index is 13.7. The van der Waals surface area contributed by atoms with Gasteiger partial charge in [-0.15, -0.1) is 0 Å². The van der Waals surface area contributed by atoms with Crippen LogP contribution in [-0.2, 0) is 6.61 Å². The minimum Gasteiger partial charge on any atom is -0.397 e. The molecule has 2 aromatic carbocycles. The van der Waals surface area contributed by atoms with Gasteiger partial charge in [0.15, 0.2) is 0 Å². The third-order valence-corrected chi connectivity index (χ3v) is 7.02. The van der Waals surface area contributed by atoms with E-state index in [0.717, 1.165) is 34.6 Å². The second kappa shape index (κ2) is 10.9. The molecule has 0 spiro atoms. The summed E-state index contributed by atoms with van der Waals surface area (Å²) in [6.45, 7) is 1.52. The molecule has 1 fully saturated rings. The number of anilines is 2. The van der Waals surface area contributed by atoms with E-state index in [9.17, 15) is 15.1 Å². The Balaban J connectivity index is 1.59. The summed E-state index contributed by atoms with van der Waals surface area (Å²) in [5, 5.41) is 26.4. The number of pyridine rings is 2. The van der Waals surface area contributed by atoms with Gasteiger partial charge in [-0.3, -0.25) is 19.6 Å². The number of hydroxylamine groups is 2. The number of rotatable bonds is 8. The highest BCUT2D eigenvalue weighted by atomic mass is 35.5. The number of hydrogen-bond acceptors (Lipinski definition) is 7. The number of halogens is 1. The van der Waals surface area contributed by atoms with Crippen molar-refractivity contribution in [3.05, 3.63) is 111 Å². The van der Waals surface area contributed by atoms with Gasteiger partial charge in [0, 0.05) is 36.3 Å². The van der Waals surface area contributed by atoms with E-state index in [1.165, 1.54) is 17.8 Å². The summed E-state index contributed by atoms with van der Waals surface area (Å²) in [5.74, 6) is 1.12. The van der Waals surface area contributed by atoms with Crippen LogP contribution in [0.4, 0.5) is 11.5 Å². The van der Waals surface area contributed by atoms with Crippen molar-refractivity contribution in [2.45, 2.75) is 32.3 Å². The lowest BCUT2D eigenvalue weighted by molar-refractivity contribution is -0.0121. The molecule has 1 aliphatic carbocycles. The lowest BCUT2D eigenvalue weighted by Crippen LogP contribution is -2.20. The van der Waals surface area contributed by atoms with Crippen LogP contribution in [0, 0.1) is 0 Å². The zero-order valence-corrected chi connectivity index (χ0v) is 22.5. The van der Waals surface area contributed by atoms with Gasteiger partial charge in [0.25, 0.3) is 5.56 Å². The van der Waals surface area contributed by atoms with Gasteiger partial charge in [0.2, 0.25) is 0 Å². The number of benzene rings is 2. The molecule has 9 heteroatoms. The summed E-state index contributed by atoms with van der Waals surface area (Å²) < 4.78 is 1.51. The number of aliphatic hydroxyl groups is 1. The molecule has 0 unspecified atom stereocenters. The summed E-state index contributed by atoms with van der Waals surface area (Å²) in [6.07, 6.45) is 8.91. The van der Waals surface area contributed by atoms with Gasteiger partial charge >= 0.3 is 0 Å². The highest BCUT2D eigenvalue weighted by Gasteiger charge is 2.25. The molecule has 0 aliphatic heterocycles. The molecule has 5 N–H and O–H groups in total. The maximum Gasteiger partial charge on any atom is 0.264 e. The molecule has 1 saturated carbocycles. The predicted octanol–water partition coefficient (Wildman–Crippen LogP) is 5.67. The first-order valence-corrected chi connectivity index (χ1v) is 13.0. The van der Waals surface area contributed by atoms with Crippen molar-refractivity contribution < 1.29 is 10.3 Å². The Morgan fingerprint density at radius 2 is 2.05 bits per heavy atom. The van der Waals surface area contributed by atoms with Gasteiger partial charge in [-0.2, -0.15) is 0 Å². The summed E-state index contributed by atoms with van der Waals surface area (Å²) in [7, 11) is 1.49. The molecule has 39 heavy (non-hydrogen) atoms. The van der Waals surface area contributed by atoms with Crippen LogP contribution in [0.15, 0.2) is 83.7 Å². The molecule has 0 bridgehead atoms. The van der Waals surface area contributed by atoms with Crippen LogP contribution >= 0.6 is 11.6 Å². The molecule has 0 saturated heterocycles. The van der Waals surface area contributed by atoms with Crippen molar-refractivity contribution in [2.75, 3.05) is 18.1 Å². The van der Waals surface area contributed by atoms with Gasteiger partial charge in [-0.25, -0.2) is 4.98 Å². The number of nitrogens with zero attached hydrogens (tertiary/aromatic N) is 3. The minimum atomic E-state index is -0.337. The number of allylic oxidation sites excluding steroid dienone is 3. The van der Waals surface area contributed by atoms with Crippen molar-refractivity contribution in [3.8, 4) is 5.69 Å². The SMILES string of the molecule is C/C(=C\C(=C/N(C)O)c1cccc(-n2ccc3cc(C4CC4)cc(Cl)c3c2=O)c1CO)Nc1ccc(N)cn1. The summed E-state index contributed by atoms with van der Waals surface area (Å²) in [4.78, 5) is 17.9. The normalized spacial score (nSPS) is 14.1. The lowest BCUT2D eigenvalue weighted by Gasteiger charge is -2.18. The van der Waals surface area contributed by atoms with E-state index in [1.54, 1.807) is 30.6 Å². The molecule has 0 atom stereocenters. The fraction of sp³-hybridized carbons (Fsp3) is 0.200.